The van der Waals surface area contributed by atoms with E-state index in [0.29, 0.717) is 11.0 Å². The van der Waals surface area contributed by atoms with E-state index in [-0.39, 0.29) is 5.54 Å². The van der Waals surface area contributed by atoms with E-state index in [9.17, 15) is 0 Å². The van der Waals surface area contributed by atoms with Gasteiger partial charge in [-0.15, -0.1) is 0 Å². The normalized spacial score (nSPS) is 21.1. The number of nitrogens with zero attached hydrogens (tertiary/aromatic N) is 2. The Balaban J connectivity index is 1.71. The Labute approximate surface area is 145 Å². The van der Waals surface area contributed by atoms with E-state index in [1.165, 1.54) is 0 Å². The van der Waals surface area contributed by atoms with Crippen LogP contribution in [0.5, 0.6) is 0 Å². The minimum Gasteiger partial charge on any atom is -0.360 e. The van der Waals surface area contributed by atoms with Crippen molar-refractivity contribution in [1.82, 2.24) is 20.3 Å². The lowest BCUT2D eigenvalue weighted by Gasteiger charge is -2.35. The lowest BCUT2D eigenvalue weighted by Crippen LogP contribution is -2.49. The van der Waals surface area contributed by atoms with Gasteiger partial charge in [-0.2, -0.15) is 0 Å². The Morgan fingerprint density at radius 3 is 3.00 bits per heavy atom. The molecule has 1 aliphatic rings. The lowest BCUT2D eigenvalue weighted by molar-refractivity contribution is 0.367. The second kappa shape index (κ2) is 6.07. The number of aromatic nitrogens is 3. The summed E-state index contributed by atoms with van der Waals surface area (Å²) in [6.45, 7) is 4.17. The van der Waals surface area contributed by atoms with Gasteiger partial charge in [-0.25, -0.2) is 9.97 Å². The van der Waals surface area contributed by atoms with Gasteiger partial charge in [0.05, 0.1) is 16.9 Å². The van der Waals surface area contributed by atoms with Gasteiger partial charge in [-0.05, 0) is 32.4 Å². The lowest BCUT2D eigenvalue weighted by atomic mass is 9.93. The number of hydrogen-bond acceptors (Lipinski definition) is 4. The smallest absolute Gasteiger partial charge is 0.223 e. The molecule has 2 aromatic heterocycles. The van der Waals surface area contributed by atoms with Crippen LogP contribution in [0, 0.1) is 0 Å². The van der Waals surface area contributed by atoms with Crippen LogP contribution in [0.2, 0.25) is 5.02 Å². The second-order valence-electron chi connectivity index (χ2n) is 6.60. The van der Waals surface area contributed by atoms with Gasteiger partial charge in [0.2, 0.25) is 5.95 Å². The van der Waals surface area contributed by atoms with Gasteiger partial charge in [0, 0.05) is 34.7 Å². The van der Waals surface area contributed by atoms with Crippen LogP contribution in [0.4, 0.5) is 5.95 Å². The summed E-state index contributed by atoms with van der Waals surface area (Å²) in [5.41, 5.74) is 2.77. The maximum atomic E-state index is 6.39. The molecule has 1 saturated heterocycles. The number of fused-ring (bicyclic) bond motifs is 1. The van der Waals surface area contributed by atoms with E-state index in [0.717, 1.165) is 48.1 Å². The first kappa shape index (κ1) is 15.4. The Kier molecular flexibility index (Phi) is 3.90. The predicted octanol–water partition coefficient (Wildman–Crippen LogP) is 3.83. The zero-order valence-corrected chi connectivity index (χ0v) is 14.3. The van der Waals surface area contributed by atoms with Gasteiger partial charge in [0.1, 0.15) is 0 Å². The minimum absolute atomic E-state index is 0.0381. The van der Waals surface area contributed by atoms with Gasteiger partial charge in [-0.1, -0.05) is 29.8 Å². The largest absolute Gasteiger partial charge is 0.360 e. The second-order valence-corrected chi connectivity index (χ2v) is 7.01. The third-order valence-electron chi connectivity index (χ3n) is 4.60. The van der Waals surface area contributed by atoms with E-state index in [2.05, 4.69) is 33.6 Å². The molecular formula is C18H20ClN5. The molecule has 1 unspecified atom stereocenters. The molecule has 3 heterocycles. The number of para-hydroxylation sites is 1. The molecule has 1 aromatic carbocycles. The summed E-state index contributed by atoms with van der Waals surface area (Å²) in [7, 11) is 0. The molecule has 3 N–H and O–H groups in total. The molecule has 0 amide bonds. The Bertz CT molecular complexity index is 867. The van der Waals surface area contributed by atoms with E-state index >= 15 is 0 Å². The van der Waals surface area contributed by atoms with Crippen molar-refractivity contribution in [3.63, 3.8) is 0 Å². The van der Waals surface area contributed by atoms with E-state index in [4.69, 9.17) is 16.6 Å². The van der Waals surface area contributed by atoms with Crippen molar-refractivity contribution < 1.29 is 0 Å². The first-order valence-electron chi connectivity index (χ1n) is 8.23. The zero-order valence-electron chi connectivity index (χ0n) is 13.6. The van der Waals surface area contributed by atoms with Crippen LogP contribution < -0.4 is 10.6 Å². The molecule has 1 aliphatic heterocycles. The topological polar surface area (TPSA) is 65.6 Å². The molecule has 0 aliphatic carbocycles. The SMILES string of the molecule is CC1(Nc2ncc(Cl)c(-c3c[nH]c4ccccc34)n2)CCCNC1. The maximum Gasteiger partial charge on any atom is 0.223 e. The van der Waals surface area contributed by atoms with Gasteiger partial charge < -0.3 is 15.6 Å². The predicted molar refractivity (Wildman–Crippen MR) is 98.5 cm³/mol. The third kappa shape index (κ3) is 2.85. The molecule has 1 atom stereocenters. The fourth-order valence-corrected chi connectivity index (χ4v) is 3.51. The molecule has 0 spiro atoms. The highest BCUT2D eigenvalue weighted by Gasteiger charge is 2.27. The van der Waals surface area contributed by atoms with E-state index in [1.54, 1.807) is 6.20 Å². The number of halogens is 1. The molecule has 4 rings (SSSR count). The van der Waals surface area contributed by atoms with Gasteiger partial charge >= 0.3 is 0 Å². The number of nitrogens with one attached hydrogen (secondary N) is 3. The average Bonchev–Trinajstić information content (AvgIpc) is 3.01. The summed E-state index contributed by atoms with van der Waals surface area (Å²) in [5.74, 6) is 0.617. The summed E-state index contributed by atoms with van der Waals surface area (Å²) >= 11 is 6.39. The number of anilines is 1. The highest BCUT2D eigenvalue weighted by Crippen LogP contribution is 2.32. The van der Waals surface area contributed by atoms with Crippen LogP contribution in [0.1, 0.15) is 19.8 Å². The molecule has 6 heteroatoms. The third-order valence-corrected chi connectivity index (χ3v) is 4.88. The highest BCUT2D eigenvalue weighted by molar-refractivity contribution is 6.33. The standard InChI is InChI=1S/C18H20ClN5/c1-18(7-4-8-20-11-18)24-17-22-10-14(19)16(23-17)13-9-21-15-6-3-2-5-12(13)15/h2-3,5-6,9-10,20-21H,4,7-8,11H2,1H3,(H,22,23,24). The highest BCUT2D eigenvalue weighted by atomic mass is 35.5. The molecule has 0 saturated carbocycles. The molecule has 0 radical (unpaired) electrons. The van der Waals surface area contributed by atoms with Crippen LogP contribution in [0.3, 0.4) is 0 Å². The van der Waals surface area contributed by atoms with Crippen LogP contribution in [-0.4, -0.2) is 33.6 Å². The van der Waals surface area contributed by atoms with Crippen molar-refractivity contribution in [1.29, 1.82) is 0 Å². The molecule has 24 heavy (non-hydrogen) atoms. The van der Waals surface area contributed by atoms with Crippen LogP contribution >= 0.6 is 11.6 Å². The average molecular weight is 342 g/mol. The fourth-order valence-electron chi connectivity index (χ4n) is 3.32. The quantitative estimate of drug-likeness (QED) is 0.677. The Morgan fingerprint density at radius 1 is 1.29 bits per heavy atom. The van der Waals surface area contributed by atoms with Gasteiger partial charge in [-0.3, -0.25) is 0 Å². The summed E-state index contributed by atoms with van der Waals surface area (Å²) in [6, 6.07) is 8.14. The fraction of sp³-hybridized carbons (Fsp3) is 0.333. The molecule has 0 bridgehead atoms. The zero-order chi connectivity index (χ0) is 16.6. The molecule has 3 aromatic rings. The number of piperidine rings is 1. The molecule has 5 nitrogen and oxygen atoms in total. The minimum atomic E-state index is -0.0381. The van der Waals surface area contributed by atoms with Crippen molar-refractivity contribution in [2.45, 2.75) is 25.3 Å². The number of aromatic amines is 1. The first-order chi connectivity index (χ1) is 11.6. The number of benzene rings is 1. The monoisotopic (exact) mass is 341 g/mol. The van der Waals surface area contributed by atoms with Crippen LogP contribution in [-0.2, 0) is 0 Å². The van der Waals surface area contributed by atoms with Crippen molar-refractivity contribution in [2.24, 2.45) is 0 Å². The van der Waals surface area contributed by atoms with Gasteiger partial charge in [0.25, 0.3) is 0 Å². The summed E-state index contributed by atoms with van der Waals surface area (Å²) < 4.78 is 0. The van der Waals surface area contributed by atoms with Crippen molar-refractivity contribution in [3.8, 4) is 11.3 Å². The summed E-state index contributed by atoms with van der Waals surface area (Å²) in [5, 5.41) is 8.56. The van der Waals surface area contributed by atoms with Crippen molar-refractivity contribution in [2.75, 3.05) is 18.4 Å². The van der Waals surface area contributed by atoms with Crippen molar-refractivity contribution in [3.05, 3.63) is 41.7 Å². The maximum absolute atomic E-state index is 6.39. The number of rotatable bonds is 3. The summed E-state index contributed by atoms with van der Waals surface area (Å²) in [6.07, 6.45) is 5.86. The number of hydrogen-bond donors (Lipinski definition) is 3. The molecule has 1 fully saturated rings. The van der Waals surface area contributed by atoms with E-state index in [1.807, 2.05) is 24.4 Å². The number of H-pyrrole nitrogens is 1. The molecular weight excluding hydrogens is 322 g/mol. The van der Waals surface area contributed by atoms with Crippen molar-refractivity contribution >= 4 is 28.5 Å². The Hall–Kier alpha value is -2.11. The Morgan fingerprint density at radius 2 is 2.17 bits per heavy atom. The molecule has 124 valence electrons. The van der Waals surface area contributed by atoms with Crippen LogP contribution in [0.25, 0.3) is 22.2 Å². The van der Waals surface area contributed by atoms with Gasteiger partial charge in [0.15, 0.2) is 0 Å². The van der Waals surface area contributed by atoms with Crippen LogP contribution in [0.15, 0.2) is 36.7 Å². The summed E-state index contributed by atoms with van der Waals surface area (Å²) in [4.78, 5) is 12.4. The van der Waals surface area contributed by atoms with E-state index < -0.39 is 0 Å². The first-order valence-corrected chi connectivity index (χ1v) is 8.60.